The highest BCUT2D eigenvalue weighted by Gasteiger charge is 2.12. The first-order chi connectivity index (χ1) is 9.10. The monoisotopic (exact) mass is 293 g/mol. The third kappa shape index (κ3) is 3.39. The van der Waals surface area contributed by atoms with E-state index in [1.807, 2.05) is 0 Å². The number of anilines is 1. The van der Waals surface area contributed by atoms with Gasteiger partial charge in [-0.2, -0.15) is 0 Å². The van der Waals surface area contributed by atoms with Crippen molar-refractivity contribution in [2.45, 2.75) is 9.92 Å². The molecule has 0 saturated carbocycles. The average Bonchev–Trinajstić information content (AvgIpc) is 2.41. The first-order valence-electron chi connectivity index (χ1n) is 5.51. The lowest BCUT2D eigenvalue weighted by atomic mass is 10.2. The van der Waals surface area contributed by atoms with Crippen LogP contribution in [0.1, 0.15) is 10.4 Å². The molecule has 0 radical (unpaired) electrons. The van der Waals surface area contributed by atoms with Gasteiger partial charge in [0, 0.05) is 23.8 Å². The molecule has 1 heterocycles. The van der Waals surface area contributed by atoms with Crippen molar-refractivity contribution in [2.24, 2.45) is 0 Å². The molecule has 1 amide bonds. The Hall–Kier alpha value is -1.72. The molecule has 19 heavy (non-hydrogen) atoms. The third-order valence-corrected chi connectivity index (χ3v) is 3.62. The number of pyridine rings is 1. The van der Waals surface area contributed by atoms with Crippen LogP contribution in [-0.4, -0.2) is 17.9 Å². The summed E-state index contributed by atoms with van der Waals surface area (Å²) in [6.07, 6.45) is 1.57. The largest absolute Gasteiger partial charge is 0.399 e. The maximum atomic E-state index is 11.8. The van der Waals surface area contributed by atoms with Gasteiger partial charge in [-0.05, 0) is 30.3 Å². The molecule has 0 spiro atoms. The van der Waals surface area contributed by atoms with Gasteiger partial charge in [-0.25, -0.2) is 4.98 Å². The van der Waals surface area contributed by atoms with Crippen molar-refractivity contribution in [3.8, 4) is 0 Å². The molecular formula is C13H12ClN3OS. The summed E-state index contributed by atoms with van der Waals surface area (Å²) < 4.78 is 0. The van der Waals surface area contributed by atoms with Gasteiger partial charge < -0.3 is 11.1 Å². The van der Waals surface area contributed by atoms with Crippen LogP contribution in [0.4, 0.5) is 5.69 Å². The number of hydrogen-bond donors (Lipinski definition) is 2. The number of halogens is 1. The van der Waals surface area contributed by atoms with E-state index in [0.29, 0.717) is 16.3 Å². The predicted octanol–water partition coefficient (Wildman–Crippen LogP) is 2.83. The Bertz CT molecular complexity index is 601. The zero-order valence-corrected chi connectivity index (χ0v) is 11.8. The van der Waals surface area contributed by atoms with Gasteiger partial charge in [-0.1, -0.05) is 23.4 Å². The van der Waals surface area contributed by atoms with Crippen LogP contribution >= 0.6 is 23.4 Å². The number of benzene rings is 1. The Labute approximate surface area is 120 Å². The summed E-state index contributed by atoms with van der Waals surface area (Å²) in [7, 11) is 1.59. The lowest BCUT2D eigenvalue weighted by Gasteiger charge is -2.08. The minimum Gasteiger partial charge on any atom is -0.399 e. The van der Waals surface area contributed by atoms with E-state index < -0.39 is 0 Å². The number of hydrogen-bond acceptors (Lipinski definition) is 4. The molecule has 0 aliphatic heterocycles. The van der Waals surface area contributed by atoms with Crippen molar-refractivity contribution in [3.63, 3.8) is 0 Å². The Morgan fingerprint density at radius 1 is 1.37 bits per heavy atom. The minimum atomic E-state index is -0.156. The number of nitrogens with zero attached hydrogens (tertiary/aromatic N) is 1. The summed E-state index contributed by atoms with van der Waals surface area (Å²) in [6.45, 7) is 0. The number of amides is 1. The number of carbonyl (C=O) groups excluding carboxylic acids is 1. The standard InChI is InChI=1S/C13H12ClN3OS/c1-16-13(18)10-4-3-9(15)6-11(10)19-12-5-2-8(14)7-17-12/h2-7H,15H2,1H3,(H,16,18). The number of aromatic nitrogens is 1. The van der Waals surface area contributed by atoms with Crippen molar-refractivity contribution < 1.29 is 4.79 Å². The molecule has 2 aromatic rings. The molecule has 0 aliphatic rings. The quantitative estimate of drug-likeness (QED) is 0.854. The van der Waals surface area contributed by atoms with Crippen LogP contribution in [0.3, 0.4) is 0 Å². The molecule has 3 N–H and O–H groups in total. The number of nitrogens with one attached hydrogen (secondary N) is 1. The van der Waals surface area contributed by atoms with Crippen LogP contribution in [0.15, 0.2) is 46.5 Å². The predicted molar refractivity (Wildman–Crippen MR) is 77.6 cm³/mol. The molecule has 98 valence electrons. The van der Waals surface area contributed by atoms with Gasteiger partial charge in [-0.15, -0.1) is 0 Å². The van der Waals surface area contributed by atoms with E-state index in [-0.39, 0.29) is 5.91 Å². The smallest absolute Gasteiger partial charge is 0.252 e. The molecule has 1 aromatic carbocycles. The summed E-state index contributed by atoms with van der Waals surface area (Å²) in [5, 5.41) is 3.92. The lowest BCUT2D eigenvalue weighted by molar-refractivity contribution is 0.0960. The summed E-state index contributed by atoms with van der Waals surface area (Å²) in [5.74, 6) is -0.156. The normalized spacial score (nSPS) is 10.2. The summed E-state index contributed by atoms with van der Waals surface area (Å²) in [5.41, 5.74) is 6.93. The van der Waals surface area contributed by atoms with E-state index in [9.17, 15) is 4.79 Å². The summed E-state index contributed by atoms with van der Waals surface area (Å²) >= 11 is 7.16. The first kappa shape index (κ1) is 13.7. The van der Waals surface area contributed by atoms with Crippen molar-refractivity contribution in [3.05, 3.63) is 47.1 Å². The Morgan fingerprint density at radius 3 is 2.79 bits per heavy atom. The van der Waals surface area contributed by atoms with Gasteiger partial charge >= 0.3 is 0 Å². The zero-order valence-electron chi connectivity index (χ0n) is 10.2. The Morgan fingerprint density at radius 2 is 2.16 bits per heavy atom. The highest BCUT2D eigenvalue weighted by atomic mass is 35.5. The third-order valence-electron chi connectivity index (χ3n) is 2.39. The molecule has 0 bridgehead atoms. The van der Waals surface area contributed by atoms with Crippen LogP contribution in [0.5, 0.6) is 0 Å². The fraction of sp³-hybridized carbons (Fsp3) is 0.0769. The fourth-order valence-electron chi connectivity index (χ4n) is 1.48. The van der Waals surface area contributed by atoms with E-state index in [0.717, 1.165) is 9.92 Å². The van der Waals surface area contributed by atoms with E-state index in [4.69, 9.17) is 17.3 Å². The SMILES string of the molecule is CNC(=O)c1ccc(N)cc1Sc1ccc(Cl)cn1. The van der Waals surface area contributed by atoms with E-state index >= 15 is 0 Å². The second kappa shape index (κ2) is 5.95. The van der Waals surface area contributed by atoms with Crippen LogP contribution in [0.2, 0.25) is 5.02 Å². The van der Waals surface area contributed by atoms with E-state index in [1.165, 1.54) is 11.8 Å². The van der Waals surface area contributed by atoms with Crippen LogP contribution in [0.25, 0.3) is 0 Å². The minimum absolute atomic E-state index is 0.156. The second-order valence-corrected chi connectivity index (χ2v) is 5.25. The Balaban J connectivity index is 2.35. The highest BCUT2D eigenvalue weighted by Crippen LogP contribution is 2.31. The molecule has 0 saturated heterocycles. The van der Waals surface area contributed by atoms with Gasteiger partial charge in [0.05, 0.1) is 10.6 Å². The molecular weight excluding hydrogens is 282 g/mol. The van der Waals surface area contributed by atoms with E-state index in [1.54, 1.807) is 43.6 Å². The molecule has 1 aromatic heterocycles. The molecule has 4 nitrogen and oxygen atoms in total. The average molecular weight is 294 g/mol. The van der Waals surface area contributed by atoms with Gasteiger partial charge in [-0.3, -0.25) is 4.79 Å². The van der Waals surface area contributed by atoms with Crippen LogP contribution < -0.4 is 11.1 Å². The maximum absolute atomic E-state index is 11.8. The van der Waals surface area contributed by atoms with Gasteiger partial charge in [0.1, 0.15) is 5.03 Å². The van der Waals surface area contributed by atoms with Gasteiger partial charge in [0.15, 0.2) is 0 Å². The van der Waals surface area contributed by atoms with Crippen LogP contribution in [-0.2, 0) is 0 Å². The summed E-state index contributed by atoms with van der Waals surface area (Å²) in [6, 6.07) is 8.70. The maximum Gasteiger partial charge on any atom is 0.252 e. The fourth-order valence-corrected chi connectivity index (χ4v) is 2.53. The molecule has 0 unspecified atom stereocenters. The van der Waals surface area contributed by atoms with Gasteiger partial charge in [0.2, 0.25) is 0 Å². The van der Waals surface area contributed by atoms with Crippen molar-refractivity contribution >= 4 is 35.0 Å². The van der Waals surface area contributed by atoms with Crippen molar-refractivity contribution in [2.75, 3.05) is 12.8 Å². The molecule has 0 atom stereocenters. The van der Waals surface area contributed by atoms with Crippen LogP contribution in [0, 0.1) is 0 Å². The van der Waals surface area contributed by atoms with Crippen molar-refractivity contribution in [1.82, 2.24) is 10.3 Å². The van der Waals surface area contributed by atoms with E-state index in [2.05, 4.69) is 10.3 Å². The molecule has 6 heteroatoms. The molecule has 0 aliphatic carbocycles. The molecule has 0 fully saturated rings. The molecule has 2 rings (SSSR count). The zero-order chi connectivity index (χ0) is 13.8. The number of nitrogen functional groups attached to an aromatic ring is 1. The lowest BCUT2D eigenvalue weighted by Crippen LogP contribution is -2.18. The number of carbonyl (C=O) groups is 1. The summed E-state index contributed by atoms with van der Waals surface area (Å²) in [4.78, 5) is 16.7. The number of rotatable bonds is 3. The Kier molecular flexibility index (Phi) is 4.29. The van der Waals surface area contributed by atoms with Gasteiger partial charge in [0.25, 0.3) is 5.91 Å². The highest BCUT2D eigenvalue weighted by molar-refractivity contribution is 7.99. The second-order valence-electron chi connectivity index (χ2n) is 3.75. The first-order valence-corrected chi connectivity index (χ1v) is 6.70. The topological polar surface area (TPSA) is 68.0 Å². The number of nitrogens with two attached hydrogens (primary N) is 1. The van der Waals surface area contributed by atoms with Crippen molar-refractivity contribution in [1.29, 1.82) is 0 Å².